The number of nitrogens with one attached hydrogen (secondary N) is 3. The van der Waals surface area contributed by atoms with Gasteiger partial charge in [-0.3, -0.25) is 15.6 Å². The number of thiocarbonyl (C=S) groups is 1. The third kappa shape index (κ3) is 4.89. The highest BCUT2D eigenvalue weighted by Crippen LogP contribution is 2.35. The molecule has 10 heteroatoms. The number of hydrogen-bond donors (Lipinski definition) is 3. The number of halogens is 2. The van der Waals surface area contributed by atoms with Crippen LogP contribution in [0.4, 0.5) is 10.1 Å². The number of fused-ring (bicyclic) bond motifs is 1. The van der Waals surface area contributed by atoms with Crippen LogP contribution in [0.25, 0.3) is 0 Å². The van der Waals surface area contributed by atoms with Gasteiger partial charge in [-0.25, -0.2) is 4.39 Å². The first-order chi connectivity index (χ1) is 12.9. The van der Waals surface area contributed by atoms with Crippen molar-refractivity contribution in [3.8, 4) is 17.2 Å². The van der Waals surface area contributed by atoms with Crippen LogP contribution < -0.4 is 30.4 Å². The van der Waals surface area contributed by atoms with Crippen LogP contribution in [0.2, 0.25) is 5.02 Å². The lowest BCUT2D eigenvalue weighted by Gasteiger charge is -2.16. The van der Waals surface area contributed by atoms with Gasteiger partial charge in [0.2, 0.25) is 6.79 Å². The molecule has 27 heavy (non-hydrogen) atoms. The van der Waals surface area contributed by atoms with Crippen molar-refractivity contribution in [2.75, 3.05) is 12.1 Å². The van der Waals surface area contributed by atoms with E-state index in [-0.39, 0.29) is 16.9 Å². The lowest BCUT2D eigenvalue weighted by molar-refractivity contribution is -0.127. The van der Waals surface area contributed by atoms with Gasteiger partial charge in [0.25, 0.3) is 5.91 Å². The second kappa shape index (κ2) is 8.28. The third-order valence-corrected chi connectivity index (χ3v) is 4.00. The largest absolute Gasteiger partial charge is 0.481 e. The Bertz CT molecular complexity index is 883. The highest BCUT2D eigenvalue weighted by Gasteiger charge is 2.18. The molecule has 1 aliphatic heterocycles. The van der Waals surface area contributed by atoms with Gasteiger partial charge >= 0.3 is 0 Å². The molecule has 3 N–H and O–H groups in total. The number of amides is 1. The normalized spacial score (nSPS) is 12.9. The predicted molar refractivity (Wildman–Crippen MR) is 102 cm³/mol. The van der Waals surface area contributed by atoms with Crippen molar-refractivity contribution in [1.29, 1.82) is 0 Å². The molecule has 0 bridgehead atoms. The molecular formula is C17H15ClFN3O4S. The lowest BCUT2D eigenvalue weighted by Crippen LogP contribution is -2.48. The third-order valence-electron chi connectivity index (χ3n) is 3.50. The zero-order chi connectivity index (χ0) is 19.4. The van der Waals surface area contributed by atoms with Gasteiger partial charge < -0.3 is 19.5 Å². The first-order valence-corrected chi connectivity index (χ1v) is 8.59. The van der Waals surface area contributed by atoms with Crippen LogP contribution in [0, 0.1) is 5.82 Å². The maximum Gasteiger partial charge on any atom is 0.279 e. The summed E-state index contributed by atoms with van der Waals surface area (Å²) in [6.45, 7) is 1.74. The first-order valence-electron chi connectivity index (χ1n) is 7.80. The summed E-state index contributed by atoms with van der Waals surface area (Å²) in [5.74, 6) is 0.654. The van der Waals surface area contributed by atoms with Crippen LogP contribution in [0.5, 0.6) is 17.2 Å². The monoisotopic (exact) mass is 411 g/mol. The van der Waals surface area contributed by atoms with Crippen LogP contribution in [0.1, 0.15) is 6.92 Å². The molecule has 1 atom stereocenters. The summed E-state index contributed by atoms with van der Waals surface area (Å²) < 4.78 is 29.2. The van der Waals surface area contributed by atoms with Crippen molar-refractivity contribution in [2.24, 2.45) is 0 Å². The molecule has 0 aliphatic carbocycles. The van der Waals surface area contributed by atoms with E-state index in [9.17, 15) is 9.18 Å². The number of hydrogen-bond acceptors (Lipinski definition) is 5. The zero-order valence-electron chi connectivity index (χ0n) is 14.0. The standard InChI is InChI=1S/C17H15ClFN3O4S/c1-9(26-11-3-5-14-15(7-11)25-8-24-14)16(23)21-22-17(27)20-10-2-4-13(19)12(18)6-10/h2-7,9H,8H2,1H3,(H,21,23)(H2,20,22,27). The molecule has 7 nitrogen and oxygen atoms in total. The molecule has 3 rings (SSSR count). The molecular weight excluding hydrogens is 397 g/mol. The zero-order valence-corrected chi connectivity index (χ0v) is 15.6. The fourth-order valence-electron chi connectivity index (χ4n) is 2.16. The molecule has 1 amide bonds. The molecule has 1 unspecified atom stereocenters. The van der Waals surface area contributed by atoms with Crippen molar-refractivity contribution in [3.05, 3.63) is 47.2 Å². The first kappa shape index (κ1) is 19.0. The van der Waals surface area contributed by atoms with Gasteiger partial charge in [0.15, 0.2) is 22.7 Å². The summed E-state index contributed by atoms with van der Waals surface area (Å²) >= 11 is 10.8. The van der Waals surface area contributed by atoms with Gasteiger partial charge in [-0.05, 0) is 49.5 Å². The van der Waals surface area contributed by atoms with Crippen LogP contribution in [0.15, 0.2) is 36.4 Å². The summed E-state index contributed by atoms with van der Waals surface area (Å²) in [4.78, 5) is 12.1. The van der Waals surface area contributed by atoms with E-state index in [2.05, 4.69) is 16.2 Å². The molecule has 2 aromatic carbocycles. The number of anilines is 1. The fraction of sp³-hybridized carbons (Fsp3) is 0.176. The lowest BCUT2D eigenvalue weighted by atomic mass is 10.3. The van der Waals surface area contributed by atoms with E-state index in [1.54, 1.807) is 25.1 Å². The van der Waals surface area contributed by atoms with Crippen LogP contribution in [-0.2, 0) is 4.79 Å². The van der Waals surface area contributed by atoms with E-state index in [4.69, 9.17) is 38.0 Å². The van der Waals surface area contributed by atoms with Crippen molar-refractivity contribution in [3.63, 3.8) is 0 Å². The van der Waals surface area contributed by atoms with Crippen molar-refractivity contribution in [2.45, 2.75) is 13.0 Å². The summed E-state index contributed by atoms with van der Waals surface area (Å²) in [7, 11) is 0. The number of carbonyl (C=O) groups excluding carboxylic acids is 1. The average Bonchev–Trinajstić information content (AvgIpc) is 3.10. The van der Waals surface area contributed by atoms with Gasteiger partial charge in [-0.2, -0.15) is 0 Å². The van der Waals surface area contributed by atoms with Gasteiger partial charge in [0.1, 0.15) is 11.6 Å². The maximum absolute atomic E-state index is 13.1. The summed E-state index contributed by atoms with van der Waals surface area (Å²) in [5, 5.41) is 2.82. The Morgan fingerprint density at radius 1 is 1.22 bits per heavy atom. The van der Waals surface area contributed by atoms with E-state index in [0.717, 1.165) is 0 Å². The number of benzene rings is 2. The van der Waals surface area contributed by atoms with E-state index >= 15 is 0 Å². The Balaban J connectivity index is 1.47. The van der Waals surface area contributed by atoms with E-state index in [1.807, 2.05) is 0 Å². The number of rotatable bonds is 4. The Kier molecular flexibility index (Phi) is 5.82. The molecule has 0 spiro atoms. The van der Waals surface area contributed by atoms with Gasteiger partial charge in [0, 0.05) is 11.8 Å². The smallest absolute Gasteiger partial charge is 0.279 e. The molecule has 0 fully saturated rings. The Morgan fingerprint density at radius 3 is 2.78 bits per heavy atom. The Labute approximate surface area is 164 Å². The molecule has 1 heterocycles. The maximum atomic E-state index is 13.1. The number of ether oxygens (including phenoxy) is 3. The van der Waals surface area contributed by atoms with Crippen molar-refractivity contribution >= 4 is 40.5 Å². The highest BCUT2D eigenvalue weighted by molar-refractivity contribution is 7.80. The minimum Gasteiger partial charge on any atom is -0.481 e. The molecule has 1 aliphatic rings. The SMILES string of the molecule is CC(Oc1ccc2c(c1)OCO2)C(=O)NNC(=S)Nc1ccc(F)c(Cl)c1. The minimum absolute atomic E-state index is 0.0439. The van der Waals surface area contributed by atoms with Crippen LogP contribution in [-0.4, -0.2) is 23.9 Å². The van der Waals surface area contributed by atoms with Crippen LogP contribution >= 0.6 is 23.8 Å². The second-order valence-corrected chi connectivity index (χ2v) is 6.29. The molecule has 0 saturated carbocycles. The average molecular weight is 412 g/mol. The number of carbonyl (C=O) groups is 1. The summed E-state index contributed by atoms with van der Waals surface area (Å²) in [5.41, 5.74) is 5.42. The van der Waals surface area contributed by atoms with E-state index in [0.29, 0.717) is 22.9 Å². The predicted octanol–water partition coefficient (Wildman–Crippen LogP) is 2.99. The summed E-state index contributed by atoms with van der Waals surface area (Å²) in [6, 6.07) is 9.06. The van der Waals surface area contributed by atoms with Gasteiger partial charge in [-0.15, -0.1) is 0 Å². The minimum atomic E-state index is -0.805. The molecule has 2 aromatic rings. The Hall–Kier alpha value is -2.78. The topological polar surface area (TPSA) is 80.9 Å². The van der Waals surface area contributed by atoms with Crippen molar-refractivity contribution < 1.29 is 23.4 Å². The van der Waals surface area contributed by atoms with E-state index < -0.39 is 17.8 Å². The highest BCUT2D eigenvalue weighted by atomic mass is 35.5. The molecule has 0 radical (unpaired) electrons. The quantitative estimate of drug-likeness (QED) is 0.527. The second-order valence-electron chi connectivity index (χ2n) is 5.47. The van der Waals surface area contributed by atoms with Gasteiger partial charge in [0.05, 0.1) is 5.02 Å². The summed E-state index contributed by atoms with van der Waals surface area (Å²) in [6.07, 6.45) is -0.805. The number of hydrazine groups is 1. The molecule has 0 aromatic heterocycles. The molecule has 0 saturated heterocycles. The van der Waals surface area contributed by atoms with E-state index in [1.165, 1.54) is 18.2 Å². The fourth-order valence-corrected chi connectivity index (χ4v) is 2.51. The van der Waals surface area contributed by atoms with Crippen molar-refractivity contribution in [1.82, 2.24) is 10.9 Å². The Morgan fingerprint density at radius 2 is 2.00 bits per heavy atom. The van der Waals surface area contributed by atoms with Gasteiger partial charge in [-0.1, -0.05) is 11.6 Å². The van der Waals surface area contributed by atoms with Crippen LogP contribution in [0.3, 0.4) is 0 Å². The molecule has 142 valence electrons.